The van der Waals surface area contributed by atoms with E-state index in [1.54, 1.807) is 33.4 Å². The second kappa shape index (κ2) is 3.47. The molecule has 0 unspecified atom stereocenters. The molecule has 0 saturated heterocycles. The Labute approximate surface area is 109 Å². The molecule has 2 aliphatic carbocycles. The third kappa shape index (κ3) is 1.32. The Morgan fingerprint density at radius 1 is 0.556 bits per heavy atom. The number of hydrogen-bond donors (Lipinski definition) is 0. The third-order valence-corrected chi connectivity index (χ3v) is 4.47. The van der Waals surface area contributed by atoms with Crippen molar-refractivity contribution >= 4 is 0 Å². The molecule has 0 atom stereocenters. The fourth-order valence-electron chi connectivity index (χ4n) is 3.85. The highest BCUT2D eigenvalue weighted by atomic mass is 14.3. The first-order valence-corrected chi connectivity index (χ1v) is 6.97. The maximum atomic E-state index is 2.40. The Morgan fingerprint density at radius 2 is 0.833 bits per heavy atom. The fraction of sp³-hybridized carbons (Fsp3) is 0.333. The molecule has 90 valence electrons. The molecule has 0 heterocycles. The highest BCUT2D eigenvalue weighted by Gasteiger charge is 2.25. The van der Waals surface area contributed by atoms with Crippen molar-refractivity contribution < 1.29 is 0 Å². The summed E-state index contributed by atoms with van der Waals surface area (Å²) in [5.41, 5.74) is 12.4. The van der Waals surface area contributed by atoms with Gasteiger partial charge < -0.3 is 0 Å². The molecule has 0 nitrogen and oxygen atoms in total. The summed E-state index contributed by atoms with van der Waals surface area (Å²) in [6.07, 6.45) is 4.89. The van der Waals surface area contributed by atoms with Crippen molar-refractivity contribution in [3.63, 3.8) is 0 Å². The molecule has 0 amide bonds. The number of rotatable bonds is 0. The van der Waals surface area contributed by atoms with Gasteiger partial charge in [-0.1, -0.05) is 35.4 Å². The van der Waals surface area contributed by atoms with E-state index in [9.17, 15) is 0 Å². The Morgan fingerprint density at radius 3 is 1.11 bits per heavy atom. The van der Waals surface area contributed by atoms with Gasteiger partial charge in [0, 0.05) is 0 Å². The van der Waals surface area contributed by atoms with E-state index in [2.05, 4.69) is 38.1 Å². The van der Waals surface area contributed by atoms with Crippen LogP contribution in [0.3, 0.4) is 0 Å². The van der Waals surface area contributed by atoms with Crippen LogP contribution in [-0.2, 0) is 25.7 Å². The molecule has 18 heavy (non-hydrogen) atoms. The molecular weight excluding hydrogens is 216 g/mol. The fourth-order valence-corrected chi connectivity index (χ4v) is 3.85. The van der Waals surface area contributed by atoms with Crippen LogP contribution in [0.4, 0.5) is 0 Å². The molecule has 2 aromatic carbocycles. The molecular formula is C18H18. The summed E-state index contributed by atoms with van der Waals surface area (Å²) in [6, 6.07) is 9.60. The standard InChI is InChI=1S/C18H18/c1-11-7-13-3-5-15-9-12(2)10-16-6-4-14(8-11)17(13)18(15)16/h7-10H,3-6H2,1-2H3. The lowest BCUT2D eigenvalue weighted by molar-refractivity contribution is 0.871. The van der Waals surface area contributed by atoms with Crippen molar-refractivity contribution in [2.24, 2.45) is 0 Å². The smallest absolute Gasteiger partial charge is 0.0114 e. The summed E-state index contributed by atoms with van der Waals surface area (Å²) in [5.74, 6) is 0. The van der Waals surface area contributed by atoms with E-state index in [-0.39, 0.29) is 0 Å². The van der Waals surface area contributed by atoms with Crippen LogP contribution in [0.15, 0.2) is 24.3 Å². The first-order chi connectivity index (χ1) is 8.72. The summed E-state index contributed by atoms with van der Waals surface area (Å²) in [6.45, 7) is 4.47. The van der Waals surface area contributed by atoms with Crippen molar-refractivity contribution in [1.82, 2.24) is 0 Å². The predicted octanol–water partition coefficient (Wildman–Crippen LogP) is 4.17. The molecule has 0 aromatic heterocycles. The summed E-state index contributed by atoms with van der Waals surface area (Å²) < 4.78 is 0. The number of aryl methyl sites for hydroxylation is 6. The molecule has 0 heteroatoms. The van der Waals surface area contributed by atoms with Crippen molar-refractivity contribution in [2.75, 3.05) is 0 Å². The monoisotopic (exact) mass is 234 g/mol. The van der Waals surface area contributed by atoms with Gasteiger partial charge in [0.1, 0.15) is 0 Å². The Bertz CT molecular complexity index is 552. The minimum Gasteiger partial charge on any atom is -0.0555 e. The molecule has 4 rings (SSSR count). The second-order valence-electron chi connectivity index (χ2n) is 5.92. The lowest BCUT2D eigenvalue weighted by Gasteiger charge is -2.30. The largest absolute Gasteiger partial charge is 0.0555 e. The van der Waals surface area contributed by atoms with Crippen molar-refractivity contribution in [3.05, 3.63) is 57.6 Å². The second-order valence-corrected chi connectivity index (χ2v) is 5.92. The van der Waals surface area contributed by atoms with E-state index in [4.69, 9.17) is 0 Å². The van der Waals surface area contributed by atoms with Gasteiger partial charge in [-0.15, -0.1) is 0 Å². The Balaban J connectivity index is 2.10. The van der Waals surface area contributed by atoms with Gasteiger partial charge in [0.15, 0.2) is 0 Å². The molecule has 0 N–H and O–H groups in total. The zero-order valence-electron chi connectivity index (χ0n) is 11.1. The van der Waals surface area contributed by atoms with Gasteiger partial charge in [-0.05, 0) is 72.9 Å². The van der Waals surface area contributed by atoms with Crippen molar-refractivity contribution in [3.8, 4) is 11.1 Å². The maximum absolute atomic E-state index is 2.40. The van der Waals surface area contributed by atoms with E-state index in [1.165, 1.54) is 36.8 Å². The van der Waals surface area contributed by atoms with Crippen LogP contribution in [-0.4, -0.2) is 0 Å². The number of benzene rings is 2. The lowest BCUT2D eigenvalue weighted by Crippen LogP contribution is -2.14. The molecule has 0 fully saturated rings. The van der Waals surface area contributed by atoms with Gasteiger partial charge in [-0.2, -0.15) is 0 Å². The topological polar surface area (TPSA) is 0 Å². The van der Waals surface area contributed by atoms with Crippen LogP contribution < -0.4 is 0 Å². The summed E-state index contributed by atoms with van der Waals surface area (Å²) in [5, 5.41) is 0. The lowest BCUT2D eigenvalue weighted by atomic mass is 9.74. The van der Waals surface area contributed by atoms with E-state index < -0.39 is 0 Å². The van der Waals surface area contributed by atoms with Gasteiger partial charge in [-0.25, -0.2) is 0 Å². The summed E-state index contributed by atoms with van der Waals surface area (Å²) in [7, 11) is 0. The first kappa shape index (κ1) is 10.4. The van der Waals surface area contributed by atoms with Gasteiger partial charge in [0.2, 0.25) is 0 Å². The predicted molar refractivity (Wildman–Crippen MR) is 76.2 cm³/mol. The van der Waals surface area contributed by atoms with Crippen LogP contribution in [0.5, 0.6) is 0 Å². The molecule has 0 spiro atoms. The van der Waals surface area contributed by atoms with E-state index >= 15 is 0 Å². The minimum absolute atomic E-state index is 1.22. The number of hydrogen-bond acceptors (Lipinski definition) is 0. The minimum atomic E-state index is 1.22. The normalized spacial score (nSPS) is 15.4. The van der Waals surface area contributed by atoms with E-state index in [1.807, 2.05) is 0 Å². The van der Waals surface area contributed by atoms with Crippen LogP contribution in [0.25, 0.3) is 11.1 Å². The third-order valence-electron chi connectivity index (χ3n) is 4.47. The average molecular weight is 234 g/mol. The summed E-state index contributed by atoms with van der Waals surface area (Å²) >= 11 is 0. The highest BCUT2D eigenvalue weighted by molar-refractivity contribution is 5.81. The molecule has 0 bridgehead atoms. The quantitative estimate of drug-likeness (QED) is 0.642. The van der Waals surface area contributed by atoms with Gasteiger partial charge in [0.05, 0.1) is 0 Å². The SMILES string of the molecule is Cc1cc2c3c(c1)CCc1cc(C)cc(c1-3)CC2. The average Bonchev–Trinajstić information content (AvgIpc) is 2.34. The molecule has 0 saturated carbocycles. The first-order valence-electron chi connectivity index (χ1n) is 6.97. The van der Waals surface area contributed by atoms with Crippen LogP contribution in [0.2, 0.25) is 0 Å². The molecule has 2 aliphatic rings. The zero-order chi connectivity index (χ0) is 12.3. The Hall–Kier alpha value is -1.56. The highest BCUT2D eigenvalue weighted by Crippen LogP contribution is 2.43. The van der Waals surface area contributed by atoms with Crippen molar-refractivity contribution in [1.29, 1.82) is 0 Å². The van der Waals surface area contributed by atoms with Crippen LogP contribution in [0, 0.1) is 13.8 Å². The van der Waals surface area contributed by atoms with Crippen LogP contribution >= 0.6 is 0 Å². The molecule has 0 aliphatic heterocycles. The van der Waals surface area contributed by atoms with E-state index in [0.717, 1.165) is 0 Å². The Kier molecular flexibility index (Phi) is 2.00. The maximum Gasteiger partial charge on any atom is -0.0114 e. The summed E-state index contributed by atoms with van der Waals surface area (Å²) in [4.78, 5) is 0. The molecule has 2 aromatic rings. The molecule has 0 radical (unpaired) electrons. The van der Waals surface area contributed by atoms with Gasteiger partial charge in [-0.3, -0.25) is 0 Å². The van der Waals surface area contributed by atoms with Crippen molar-refractivity contribution in [2.45, 2.75) is 39.5 Å². The van der Waals surface area contributed by atoms with Crippen LogP contribution in [0.1, 0.15) is 33.4 Å². The van der Waals surface area contributed by atoms with Gasteiger partial charge in [0.25, 0.3) is 0 Å². The van der Waals surface area contributed by atoms with E-state index in [0.29, 0.717) is 0 Å². The zero-order valence-corrected chi connectivity index (χ0v) is 11.1. The van der Waals surface area contributed by atoms with Gasteiger partial charge >= 0.3 is 0 Å².